The normalized spacial score (nSPS) is 27.1. The van der Waals surface area contributed by atoms with E-state index in [1.807, 2.05) is 27.0 Å². The van der Waals surface area contributed by atoms with E-state index < -0.39 is 12.0 Å². The number of likely N-dealkylation sites (tertiary alicyclic amines) is 1. The molecule has 1 aromatic carbocycles. The van der Waals surface area contributed by atoms with E-state index in [1.165, 1.54) is 29.4 Å². The number of aliphatic carboxylic acids is 1. The van der Waals surface area contributed by atoms with Crippen molar-refractivity contribution < 1.29 is 14.3 Å². The molecule has 1 saturated carbocycles. The maximum atomic E-state index is 14.4. The number of hydrogen-bond acceptors (Lipinski definition) is 4. The molecular formula is C33H49FN4O2. The van der Waals surface area contributed by atoms with E-state index in [-0.39, 0.29) is 28.6 Å². The van der Waals surface area contributed by atoms with Crippen molar-refractivity contribution in [2.75, 3.05) is 26.7 Å². The Morgan fingerprint density at radius 1 is 1.20 bits per heavy atom. The van der Waals surface area contributed by atoms with Crippen LogP contribution < -0.4 is 0 Å². The van der Waals surface area contributed by atoms with Gasteiger partial charge in [-0.2, -0.15) is 5.10 Å². The molecule has 1 saturated heterocycles. The molecule has 1 aliphatic heterocycles. The second-order valence-electron chi connectivity index (χ2n) is 13.5. The lowest BCUT2D eigenvalue weighted by molar-refractivity contribution is -0.147. The molecule has 1 aromatic heterocycles. The first kappa shape index (κ1) is 29.2. The zero-order valence-electron chi connectivity index (χ0n) is 25.4. The van der Waals surface area contributed by atoms with Gasteiger partial charge in [0.15, 0.2) is 0 Å². The Bertz CT molecular complexity index is 1220. The number of fused-ring (bicyclic) bond motifs is 2. The molecule has 0 unspecified atom stereocenters. The van der Waals surface area contributed by atoms with Crippen LogP contribution in [0.3, 0.4) is 0 Å². The summed E-state index contributed by atoms with van der Waals surface area (Å²) in [6.07, 6.45) is 7.49. The van der Waals surface area contributed by atoms with Crippen LogP contribution in [0.1, 0.15) is 95.2 Å². The number of carbonyl (C=O) groups is 1. The van der Waals surface area contributed by atoms with Crippen molar-refractivity contribution in [2.45, 2.75) is 109 Å². The minimum absolute atomic E-state index is 0.00497. The van der Waals surface area contributed by atoms with Crippen molar-refractivity contribution in [3.8, 4) is 0 Å². The molecule has 0 radical (unpaired) electrons. The van der Waals surface area contributed by atoms with Crippen LogP contribution >= 0.6 is 0 Å². The number of carboxylic acid groups (broad SMARTS) is 1. The summed E-state index contributed by atoms with van der Waals surface area (Å²) >= 11 is 0. The van der Waals surface area contributed by atoms with E-state index in [1.54, 1.807) is 6.07 Å². The maximum absolute atomic E-state index is 14.4. The average Bonchev–Trinajstić information content (AvgIpc) is 3.57. The number of hydrogen-bond donors (Lipinski definition) is 1. The summed E-state index contributed by atoms with van der Waals surface area (Å²) in [5.74, 6) is -0.409. The van der Waals surface area contributed by atoms with Crippen LogP contribution in [0.25, 0.3) is 0 Å². The van der Waals surface area contributed by atoms with Gasteiger partial charge < -0.3 is 10.0 Å². The molecule has 6 nitrogen and oxygen atoms in total. The maximum Gasteiger partial charge on any atom is 0.321 e. The number of likely N-dealkylation sites (N-methyl/N-ethyl adjacent to an activating group) is 1. The molecule has 0 amide bonds. The van der Waals surface area contributed by atoms with Crippen LogP contribution in [0.15, 0.2) is 24.3 Å². The highest BCUT2D eigenvalue weighted by molar-refractivity contribution is 5.74. The number of nitrogens with zero attached hydrogens (tertiary/aromatic N) is 4. The summed E-state index contributed by atoms with van der Waals surface area (Å²) in [5, 5.41) is 15.0. The SMILES string of the molecule is CCc1nn(CC)c2c1CCC21CCN(C[C@H]2C[C@](C)(N(C)[C@@H](C(=O)O)C(C)C)C[C@@H]2c2cccc(F)c2)CC1. The first-order chi connectivity index (χ1) is 19.0. The Morgan fingerprint density at radius 3 is 2.52 bits per heavy atom. The zero-order valence-corrected chi connectivity index (χ0v) is 25.4. The van der Waals surface area contributed by atoms with Crippen molar-refractivity contribution in [2.24, 2.45) is 11.8 Å². The molecule has 2 aliphatic carbocycles. The molecule has 2 heterocycles. The fourth-order valence-corrected chi connectivity index (χ4v) is 8.65. The monoisotopic (exact) mass is 552 g/mol. The van der Waals surface area contributed by atoms with Crippen molar-refractivity contribution >= 4 is 5.97 Å². The molecule has 3 aliphatic rings. The third kappa shape index (κ3) is 5.13. The predicted octanol–water partition coefficient (Wildman–Crippen LogP) is 5.88. The highest BCUT2D eigenvalue weighted by Gasteiger charge is 2.50. The Hall–Kier alpha value is -2.25. The van der Waals surface area contributed by atoms with E-state index in [0.717, 1.165) is 70.3 Å². The first-order valence-electron chi connectivity index (χ1n) is 15.5. The van der Waals surface area contributed by atoms with Gasteiger partial charge in [-0.15, -0.1) is 0 Å². The average molecular weight is 553 g/mol. The molecule has 1 N–H and O–H groups in total. The van der Waals surface area contributed by atoms with Crippen LogP contribution in [0.4, 0.5) is 4.39 Å². The molecular weight excluding hydrogens is 503 g/mol. The van der Waals surface area contributed by atoms with Gasteiger partial charge in [-0.3, -0.25) is 14.4 Å². The third-order valence-corrected chi connectivity index (χ3v) is 10.8. The van der Waals surface area contributed by atoms with Gasteiger partial charge in [0.2, 0.25) is 0 Å². The van der Waals surface area contributed by atoms with E-state index in [4.69, 9.17) is 5.10 Å². The molecule has 2 fully saturated rings. The quantitative estimate of drug-likeness (QED) is 0.421. The fraction of sp³-hybridized carbons (Fsp3) is 0.697. The van der Waals surface area contributed by atoms with Gasteiger partial charge in [0.1, 0.15) is 11.9 Å². The highest BCUT2D eigenvalue weighted by Crippen LogP contribution is 2.51. The third-order valence-electron chi connectivity index (χ3n) is 10.8. The summed E-state index contributed by atoms with van der Waals surface area (Å²) in [7, 11) is 1.98. The lowest BCUT2D eigenvalue weighted by Crippen LogP contribution is -2.53. The predicted molar refractivity (Wildman–Crippen MR) is 157 cm³/mol. The van der Waals surface area contributed by atoms with E-state index in [2.05, 4.69) is 41.3 Å². The summed E-state index contributed by atoms with van der Waals surface area (Å²) in [5.41, 5.74) is 5.37. The molecule has 1 spiro atoms. The molecule has 2 aromatic rings. The van der Waals surface area contributed by atoms with Gasteiger partial charge in [0.25, 0.3) is 0 Å². The second-order valence-corrected chi connectivity index (χ2v) is 13.5. The van der Waals surface area contributed by atoms with Gasteiger partial charge in [-0.25, -0.2) is 4.39 Å². The summed E-state index contributed by atoms with van der Waals surface area (Å²) in [6, 6.07) is 6.55. The molecule has 40 heavy (non-hydrogen) atoms. The van der Waals surface area contributed by atoms with E-state index in [9.17, 15) is 14.3 Å². The van der Waals surface area contributed by atoms with Gasteiger partial charge in [-0.1, -0.05) is 32.9 Å². The first-order valence-corrected chi connectivity index (χ1v) is 15.5. The molecule has 0 bridgehead atoms. The minimum Gasteiger partial charge on any atom is -0.480 e. The van der Waals surface area contributed by atoms with E-state index >= 15 is 0 Å². The van der Waals surface area contributed by atoms with Crippen LogP contribution in [0.2, 0.25) is 0 Å². The van der Waals surface area contributed by atoms with Crippen molar-refractivity contribution in [1.29, 1.82) is 0 Å². The minimum atomic E-state index is -0.765. The highest BCUT2D eigenvalue weighted by atomic mass is 19.1. The van der Waals surface area contributed by atoms with E-state index in [0.29, 0.717) is 5.92 Å². The van der Waals surface area contributed by atoms with Crippen LogP contribution in [0, 0.1) is 17.7 Å². The van der Waals surface area contributed by atoms with Crippen LogP contribution in [-0.4, -0.2) is 68.9 Å². The summed E-state index contributed by atoms with van der Waals surface area (Å²) in [4.78, 5) is 17.0. The number of benzene rings is 1. The molecule has 220 valence electrons. The topological polar surface area (TPSA) is 61.6 Å². The number of halogens is 1. The summed E-state index contributed by atoms with van der Waals surface area (Å²) in [6.45, 7) is 14.7. The van der Waals surface area contributed by atoms with Gasteiger partial charge in [0.05, 0.1) is 5.69 Å². The van der Waals surface area contributed by atoms with Crippen LogP contribution in [0.5, 0.6) is 0 Å². The van der Waals surface area contributed by atoms with Gasteiger partial charge >= 0.3 is 5.97 Å². The molecule has 4 atom stereocenters. The Labute approximate surface area is 239 Å². The van der Waals surface area contributed by atoms with Crippen molar-refractivity contribution in [3.05, 3.63) is 52.6 Å². The summed E-state index contributed by atoms with van der Waals surface area (Å²) < 4.78 is 16.7. The van der Waals surface area contributed by atoms with Gasteiger partial charge in [0, 0.05) is 29.7 Å². The Morgan fingerprint density at radius 2 is 1.93 bits per heavy atom. The largest absolute Gasteiger partial charge is 0.480 e. The zero-order chi connectivity index (χ0) is 28.8. The Balaban J connectivity index is 1.35. The molecule has 5 rings (SSSR count). The Kier molecular flexibility index (Phi) is 8.19. The number of rotatable bonds is 9. The number of carboxylic acids is 1. The fourth-order valence-electron chi connectivity index (χ4n) is 8.65. The number of piperidine rings is 1. The smallest absolute Gasteiger partial charge is 0.321 e. The van der Waals surface area contributed by atoms with Crippen LogP contribution in [-0.2, 0) is 29.6 Å². The standard InChI is InChI=1S/C33H49FN4O2/c1-7-28-26-12-13-33(30(26)38(8-2)35-28)14-16-37(17-15-33)21-24-19-32(5,36(6)29(22(3)4)31(39)40)20-27(24)23-10-9-11-25(34)18-23/h9-11,18,22,24,27,29H,7-8,12-17,19-21H2,1-6H3,(H,39,40)/t24-,27-,29-,32+/m1/s1. The number of aromatic nitrogens is 2. The molecule has 7 heteroatoms. The van der Waals surface area contributed by atoms with Crippen molar-refractivity contribution in [1.82, 2.24) is 19.6 Å². The van der Waals surface area contributed by atoms with Gasteiger partial charge in [-0.05, 0) is 120 Å². The van der Waals surface area contributed by atoms with Crippen molar-refractivity contribution in [3.63, 3.8) is 0 Å². The second kappa shape index (κ2) is 11.2. The number of aryl methyl sites for hydroxylation is 2. The lowest BCUT2D eigenvalue weighted by Gasteiger charge is -2.42. The lowest BCUT2D eigenvalue weighted by atomic mass is 9.75.